The fraction of sp³-hybridized carbons (Fsp3) is 0.0690. The first-order valence-electron chi connectivity index (χ1n) is 10.4. The molecule has 0 saturated heterocycles. The lowest BCUT2D eigenvalue weighted by Crippen LogP contribution is -2.13. The summed E-state index contributed by atoms with van der Waals surface area (Å²) in [5, 5.41) is 4.81. The van der Waals surface area contributed by atoms with Crippen LogP contribution in [-0.4, -0.2) is 5.78 Å². The molecule has 30 heavy (non-hydrogen) atoms. The molecule has 0 saturated carbocycles. The summed E-state index contributed by atoms with van der Waals surface area (Å²) >= 11 is 0. The van der Waals surface area contributed by atoms with Gasteiger partial charge in [0.15, 0.2) is 5.78 Å². The summed E-state index contributed by atoms with van der Waals surface area (Å²) in [4.78, 5) is 14.1. The van der Waals surface area contributed by atoms with Crippen molar-refractivity contribution in [2.24, 2.45) is 0 Å². The van der Waals surface area contributed by atoms with Gasteiger partial charge in [-0.25, -0.2) is 0 Å². The molecule has 2 atom stereocenters. The molecule has 1 aliphatic rings. The lowest BCUT2D eigenvalue weighted by molar-refractivity contribution is -0.119. The van der Waals surface area contributed by atoms with Crippen LogP contribution in [0, 0.1) is 0 Å². The molecule has 1 nitrogen and oxygen atoms in total. The van der Waals surface area contributed by atoms with Crippen LogP contribution >= 0.6 is 0 Å². The molecule has 0 fully saturated rings. The molecular formula is C29H20O. The van der Waals surface area contributed by atoms with E-state index in [0.717, 1.165) is 11.1 Å². The Labute approximate surface area is 175 Å². The molecule has 5 aromatic rings. The molecule has 5 aromatic carbocycles. The average molecular weight is 384 g/mol. The minimum absolute atomic E-state index is 0.249. The Kier molecular flexibility index (Phi) is 3.82. The van der Waals surface area contributed by atoms with Crippen molar-refractivity contribution in [3.05, 3.63) is 131 Å². The smallest absolute Gasteiger partial charge is 0.156 e. The summed E-state index contributed by atoms with van der Waals surface area (Å²) in [6, 6.07) is 37.5. The van der Waals surface area contributed by atoms with E-state index < -0.39 is 0 Å². The number of ketones is 1. The van der Waals surface area contributed by atoms with Crippen molar-refractivity contribution in [3.63, 3.8) is 0 Å². The van der Waals surface area contributed by atoms with Gasteiger partial charge in [-0.15, -0.1) is 0 Å². The normalized spacial score (nSPS) is 18.1. The van der Waals surface area contributed by atoms with Crippen molar-refractivity contribution in [2.75, 3.05) is 0 Å². The van der Waals surface area contributed by atoms with Gasteiger partial charge in [0.25, 0.3) is 0 Å². The molecule has 0 spiro atoms. The van der Waals surface area contributed by atoms with Crippen molar-refractivity contribution in [2.45, 2.75) is 11.8 Å². The molecule has 0 aromatic heterocycles. The van der Waals surface area contributed by atoms with Crippen LogP contribution in [0.4, 0.5) is 0 Å². The Balaban J connectivity index is 1.79. The van der Waals surface area contributed by atoms with E-state index in [2.05, 4.69) is 72.8 Å². The first-order valence-corrected chi connectivity index (χ1v) is 10.4. The van der Waals surface area contributed by atoms with Crippen LogP contribution in [0.2, 0.25) is 0 Å². The summed E-state index contributed by atoms with van der Waals surface area (Å²) < 4.78 is 0. The Morgan fingerprint density at radius 2 is 0.733 bits per heavy atom. The van der Waals surface area contributed by atoms with Gasteiger partial charge in [-0.2, -0.15) is 0 Å². The van der Waals surface area contributed by atoms with E-state index in [0.29, 0.717) is 0 Å². The molecule has 1 heteroatoms. The fourth-order valence-corrected chi connectivity index (χ4v) is 5.22. The van der Waals surface area contributed by atoms with Gasteiger partial charge >= 0.3 is 0 Å². The first kappa shape index (κ1) is 17.2. The second kappa shape index (κ2) is 6.67. The largest absolute Gasteiger partial charge is 0.298 e. The number of rotatable bonds is 2. The number of hydrogen-bond donors (Lipinski definition) is 0. The number of fused-ring (bicyclic) bond motifs is 6. The van der Waals surface area contributed by atoms with E-state index in [1.165, 1.54) is 32.7 Å². The van der Waals surface area contributed by atoms with E-state index in [4.69, 9.17) is 0 Å². The minimum Gasteiger partial charge on any atom is -0.298 e. The lowest BCUT2D eigenvalue weighted by Gasteiger charge is -2.17. The number of hydrogen-bond acceptors (Lipinski definition) is 1. The zero-order valence-electron chi connectivity index (χ0n) is 16.5. The average Bonchev–Trinajstić information content (AvgIpc) is 3.13. The third kappa shape index (κ3) is 2.39. The van der Waals surface area contributed by atoms with Gasteiger partial charge in [0.2, 0.25) is 0 Å². The highest BCUT2D eigenvalue weighted by molar-refractivity contribution is 6.18. The number of carbonyl (C=O) groups excluding carboxylic acids is 1. The Bertz CT molecular complexity index is 1290. The molecule has 0 radical (unpaired) electrons. The second-order valence-corrected chi connectivity index (χ2v) is 8.01. The maximum Gasteiger partial charge on any atom is 0.156 e. The Morgan fingerprint density at radius 3 is 1.13 bits per heavy atom. The summed E-state index contributed by atoms with van der Waals surface area (Å²) in [7, 11) is 0. The number of carbonyl (C=O) groups is 1. The van der Waals surface area contributed by atoms with Crippen LogP contribution in [0.1, 0.15) is 34.1 Å². The summed E-state index contributed by atoms with van der Waals surface area (Å²) in [6.45, 7) is 0. The molecule has 1 aliphatic carbocycles. The molecule has 0 aliphatic heterocycles. The summed E-state index contributed by atoms with van der Waals surface area (Å²) in [5.41, 5.74) is 4.49. The summed E-state index contributed by atoms with van der Waals surface area (Å²) in [6.07, 6.45) is 0. The van der Waals surface area contributed by atoms with Crippen LogP contribution in [0.5, 0.6) is 0 Å². The van der Waals surface area contributed by atoms with Crippen LogP contribution in [-0.2, 0) is 4.79 Å². The zero-order chi connectivity index (χ0) is 20.1. The molecule has 0 bridgehead atoms. The van der Waals surface area contributed by atoms with E-state index in [1.807, 2.05) is 36.4 Å². The highest BCUT2D eigenvalue weighted by Gasteiger charge is 2.43. The Morgan fingerprint density at radius 1 is 0.400 bits per heavy atom. The van der Waals surface area contributed by atoms with Crippen LogP contribution in [0.15, 0.2) is 109 Å². The van der Waals surface area contributed by atoms with Crippen molar-refractivity contribution in [3.8, 4) is 0 Å². The van der Waals surface area contributed by atoms with Crippen LogP contribution < -0.4 is 0 Å². The molecular weight excluding hydrogens is 364 g/mol. The van der Waals surface area contributed by atoms with E-state index >= 15 is 0 Å². The monoisotopic (exact) mass is 384 g/mol. The zero-order valence-corrected chi connectivity index (χ0v) is 16.5. The SMILES string of the molecule is O=C1C(c2ccccc2)c2c(c3ccccc3c3ccccc23)C1c1ccccc1. The first-order chi connectivity index (χ1) is 14.8. The van der Waals surface area contributed by atoms with Gasteiger partial charge in [0.1, 0.15) is 0 Å². The maximum absolute atomic E-state index is 14.1. The topological polar surface area (TPSA) is 17.1 Å². The lowest BCUT2D eigenvalue weighted by atomic mass is 9.86. The standard InChI is InChI=1S/C29H20O/c30-29-25(19-11-3-1-4-12-19)27-23-17-9-7-15-21(23)22-16-8-10-18-24(22)28(27)26(29)20-13-5-2-6-14-20/h1-18,25-26H. The number of benzene rings is 5. The fourth-order valence-electron chi connectivity index (χ4n) is 5.22. The quantitative estimate of drug-likeness (QED) is 0.305. The van der Waals surface area contributed by atoms with E-state index in [1.54, 1.807) is 0 Å². The highest BCUT2D eigenvalue weighted by atomic mass is 16.1. The molecule has 0 amide bonds. The molecule has 2 unspecified atom stereocenters. The third-order valence-electron chi connectivity index (χ3n) is 6.43. The van der Waals surface area contributed by atoms with Crippen LogP contribution in [0.25, 0.3) is 21.5 Å². The van der Waals surface area contributed by atoms with Gasteiger partial charge in [0, 0.05) is 0 Å². The van der Waals surface area contributed by atoms with Crippen molar-refractivity contribution < 1.29 is 4.79 Å². The minimum atomic E-state index is -0.249. The van der Waals surface area contributed by atoms with Gasteiger partial charge in [0.05, 0.1) is 11.8 Å². The van der Waals surface area contributed by atoms with Gasteiger partial charge in [-0.3, -0.25) is 4.79 Å². The van der Waals surface area contributed by atoms with Gasteiger partial charge < -0.3 is 0 Å². The summed E-state index contributed by atoms with van der Waals surface area (Å²) in [5.74, 6) is -0.231. The predicted octanol–water partition coefficient (Wildman–Crippen LogP) is 6.84. The van der Waals surface area contributed by atoms with E-state index in [9.17, 15) is 4.79 Å². The predicted molar refractivity (Wildman–Crippen MR) is 123 cm³/mol. The van der Waals surface area contributed by atoms with Crippen molar-refractivity contribution >= 4 is 27.3 Å². The highest BCUT2D eigenvalue weighted by Crippen LogP contribution is 2.51. The molecule has 6 rings (SSSR count). The van der Waals surface area contributed by atoms with Crippen LogP contribution in [0.3, 0.4) is 0 Å². The van der Waals surface area contributed by atoms with Crippen molar-refractivity contribution in [1.82, 2.24) is 0 Å². The maximum atomic E-state index is 14.1. The third-order valence-corrected chi connectivity index (χ3v) is 6.43. The molecule has 0 N–H and O–H groups in total. The van der Waals surface area contributed by atoms with Gasteiger partial charge in [-0.1, -0.05) is 109 Å². The second-order valence-electron chi connectivity index (χ2n) is 8.01. The Hall–Kier alpha value is -3.71. The van der Waals surface area contributed by atoms with Gasteiger partial charge in [-0.05, 0) is 43.8 Å². The molecule has 0 heterocycles. The van der Waals surface area contributed by atoms with E-state index in [-0.39, 0.29) is 17.6 Å². The van der Waals surface area contributed by atoms with Crippen molar-refractivity contribution in [1.29, 1.82) is 0 Å². The molecule has 142 valence electrons. The number of Topliss-reactive ketones (excluding diaryl/α,β-unsaturated/α-hetero) is 1.